The highest BCUT2D eigenvalue weighted by Gasteiger charge is 1.86. The van der Waals surface area contributed by atoms with Gasteiger partial charge in [0.25, 0.3) is 0 Å². The molecule has 0 rings (SSSR count). The first-order valence-electron chi connectivity index (χ1n) is 2.04. The van der Waals surface area contributed by atoms with Crippen LogP contribution in [0.2, 0.25) is 0 Å². The van der Waals surface area contributed by atoms with Gasteiger partial charge in [-0.15, -0.1) is 0 Å². The first kappa shape index (κ1) is 6.31. The van der Waals surface area contributed by atoms with Crippen molar-refractivity contribution in [3.8, 4) is 0 Å². The van der Waals surface area contributed by atoms with E-state index in [0.29, 0.717) is 0 Å². The predicted octanol–water partition coefficient (Wildman–Crippen LogP) is 1.57. The van der Waals surface area contributed by atoms with Gasteiger partial charge in [0.05, 0.1) is 0 Å². The topological polar surface area (TPSA) is 9.23 Å². The number of hydrogen-bond donors (Lipinski definition) is 0. The van der Waals surface area contributed by atoms with E-state index in [9.17, 15) is 0 Å². The monoisotopic (exact) mass is 105 g/mol. The third-order valence-corrected chi connectivity index (χ3v) is 0.537. The van der Waals surface area contributed by atoms with Crippen molar-refractivity contribution in [2.45, 2.75) is 19.3 Å². The lowest BCUT2D eigenvalue weighted by Crippen LogP contribution is -1.96. The van der Waals surface area contributed by atoms with E-state index in [0.717, 1.165) is 6.61 Å². The fourth-order valence-electron chi connectivity index (χ4n) is 0.235. The molecule has 0 saturated heterocycles. The first-order valence-corrected chi connectivity index (χ1v) is 2.52. The molecule has 1 unspecified atom stereocenters. The van der Waals surface area contributed by atoms with E-state index in [1.54, 1.807) is 0 Å². The number of hydrogen-bond acceptors (Lipinski definition) is 1. The largest absolute Gasteiger partial charge is 0.367 e. The minimum atomic E-state index is -0.0185. The van der Waals surface area contributed by atoms with Crippen molar-refractivity contribution < 1.29 is 4.74 Å². The van der Waals surface area contributed by atoms with Crippen molar-refractivity contribution >= 4 is 12.6 Å². The summed E-state index contributed by atoms with van der Waals surface area (Å²) < 4.78 is 4.86. The molecule has 0 aliphatic carbocycles. The molecule has 0 aromatic heterocycles. The molecule has 0 spiro atoms. The van der Waals surface area contributed by atoms with Crippen LogP contribution < -0.4 is 0 Å². The van der Waals surface area contributed by atoms with E-state index in [4.69, 9.17) is 4.74 Å². The lowest BCUT2D eigenvalue weighted by atomic mass is 10.8. The molecule has 0 N–H and O–H groups in total. The van der Waals surface area contributed by atoms with Gasteiger partial charge in [-0.2, -0.15) is 0 Å². The quantitative estimate of drug-likeness (QED) is 0.518. The minimum Gasteiger partial charge on any atom is -0.367 e. The summed E-state index contributed by atoms with van der Waals surface area (Å²) in [5.74, 6) is 0. The molecule has 37 valence electrons. The van der Waals surface area contributed by atoms with Crippen LogP contribution in [-0.4, -0.2) is 12.0 Å². The summed E-state index contributed by atoms with van der Waals surface area (Å²) in [6, 6.07) is 0. The minimum absolute atomic E-state index is 0.0185. The molecular weight excluding hydrogens is 96.1 g/mol. The Balaban J connectivity index is 2.63. The van der Waals surface area contributed by atoms with Gasteiger partial charge in [-0.05, 0) is 13.8 Å². The lowest BCUT2D eigenvalue weighted by molar-refractivity contribution is 0.138. The third-order valence-electron chi connectivity index (χ3n) is 0.401. The average Bonchev–Trinajstić information content (AvgIpc) is 1.35. The molecule has 1 atom stereocenters. The van der Waals surface area contributed by atoms with E-state index in [2.05, 4.69) is 12.6 Å². The van der Waals surface area contributed by atoms with E-state index < -0.39 is 0 Å². The summed E-state index contributed by atoms with van der Waals surface area (Å²) in [5, 5.41) is 0. The molecule has 1 radical (unpaired) electrons. The normalized spacial score (nSPS) is 14.5. The van der Waals surface area contributed by atoms with Crippen LogP contribution in [0, 0.1) is 0 Å². The second kappa shape index (κ2) is 3.50. The van der Waals surface area contributed by atoms with E-state index >= 15 is 0 Å². The number of rotatable bonds is 2. The van der Waals surface area contributed by atoms with Crippen LogP contribution in [-0.2, 0) is 4.74 Å². The SMILES string of the molecule is CCOC(C)[S]. The van der Waals surface area contributed by atoms with Crippen molar-refractivity contribution in [1.29, 1.82) is 0 Å². The molecule has 0 aromatic rings. The van der Waals surface area contributed by atoms with Crippen LogP contribution in [0.15, 0.2) is 0 Å². The Morgan fingerprint density at radius 1 is 1.83 bits per heavy atom. The zero-order valence-electron chi connectivity index (χ0n) is 4.10. The van der Waals surface area contributed by atoms with Crippen LogP contribution in [0.1, 0.15) is 13.8 Å². The molecule has 0 fully saturated rings. The Morgan fingerprint density at radius 2 is 2.33 bits per heavy atom. The highest BCUT2D eigenvalue weighted by molar-refractivity contribution is 7.80. The maximum Gasteiger partial charge on any atom is 0.110 e. The molecule has 0 aliphatic heterocycles. The molecule has 0 aromatic carbocycles. The second-order valence-corrected chi connectivity index (χ2v) is 1.69. The third kappa shape index (κ3) is 4.31. The van der Waals surface area contributed by atoms with Crippen LogP contribution in [0.5, 0.6) is 0 Å². The molecule has 0 amide bonds. The molecule has 1 nitrogen and oxygen atoms in total. The fourth-order valence-corrected chi connectivity index (χ4v) is 0.371. The van der Waals surface area contributed by atoms with E-state index in [-0.39, 0.29) is 5.44 Å². The van der Waals surface area contributed by atoms with Crippen molar-refractivity contribution in [2.75, 3.05) is 6.61 Å². The summed E-state index contributed by atoms with van der Waals surface area (Å²) in [4.78, 5) is 0. The van der Waals surface area contributed by atoms with Gasteiger partial charge in [-0.3, -0.25) is 0 Å². The second-order valence-electron chi connectivity index (χ2n) is 1.02. The molecule has 2 heteroatoms. The molecule has 0 bridgehead atoms. The molecule has 0 saturated carbocycles. The highest BCUT2D eigenvalue weighted by atomic mass is 32.1. The Morgan fingerprint density at radius 3 is 2.33 bits per heavy atom. The summed E-state index contributed by atoms with van der Waals surface area (Å²) >= 11 is 4.66. The van der Waals surface area contributed by atoms with Gasteiger partial charge in [0, 0.05) is 6.61 Å². The smallest absolute Gasteiger partial charge is 0.110 e. The zero-order valence-corrected chi connectivity index (χ0v) is 4.92. The van der Waals surface area contributed by atoms with Crippen molar-refractivity contribution in [2.24, 2.45) is 0 Å². The Bertz CT molecular complexity index is 28.7. The highest BCUT2D eigenvalue weighted by Crippen LogP contribution is 1.91. The van der Waals surface area contributed by atoms with Crippen molar-refractivity contribution in [3.63, 3.8) is 0 Å². The molecule has 0 aliphatic rings. The van der Waals surface area contributed by atoms with Gasteiger partial charge in [0.15, 0.2) is 0 Å². The molecular formula is C4H9OS. The maximum atomic E-state index is 4.86. The van der Waals surface area contributed by atoms with E-state index in [1.165, 1.54) is 0 Å². The summed E-state index contributed by atoms with van der Waals surface area (Å²) in [6.45, 7) is 4.51. The van der Waals surface area contributed by atoms with E-state index in [1.807, 2.05) is 13.8 Å². The first-order chi connectivity index (χ1) is 2.77. The summed E-state index contributed by atoms with van der Waals surface area (Å²) in [5.41, 5.74) is -0.0185. The predicted molar refractivity (Wildman–Crippen MR) is 28.7 cm³/mol. The van der Waals surface area contributed by atoms with Crippen LogP contribution in [0.3, 0.4) is 0 Å². The van der Waals surface area contributed by atoms with Crippen LogP contribution >= 0.6 is 12.6 Å². The van der Waals surface area contributed by atoms with Gasteiger partial charge in [-0.1, -0.05) is 12.6 Å². The van der Waals surface area contributed by atoms with Gasteiger partial charge in [-0.25, -0.2) is 0 Å². The number of ether oxygens (including phenoxy) is 1. The van der Waals surface area contributed by atoms with Crippen LogP contribution in [0.25, 0.3) is 0 Å². The Hall–Kier alpha value is 0.310. The van der Waals surface area contributed by atoms with Crippen molar-refractivity contribution in [3.05, 3.63) is 0 Å². The lowest BCUT2D eigenvalue weighted by Gasteiger charge is -1.98. The van der Waals surface area contributed by atoms with Gasteiger partial charge in [0.1, 0.15) is 5.44 Å². The Labute approximate surface area is 44.1 Å². The van der Waals surface area contributed by atoms with Crippen molar-refractivity contribution in [1.82, 2.24) is 0 Å². The average molecular weight is 105 g/mol. The molecule has 0 heterocycles. The Kier molecular flexibility index (Phi) is 3.68. The standard InChI is InChI=1S/C4H9OS/c1-3-5-4(2)6/h4H,3H2,1-2H3. The molecule has 6 heavy (non-hydrogen) atoms. The van der Waals surface area contributed by atoms with Gasteiger partial charge >= 0.3 is 0 Å². The zero-order chi connectivity index (χ0) is 4.99. The fraction of sp³-hybridized carbons (Fsp3) is 1.00. The van der Waals surface area contributed by atoms with Gasteiger partial charge in [0.2, 0.25) is 0 Å². The summed E-state index contributed by atoms with van der Waals surface area (Å²) in [7, 11) is 0. The van der Waals surface area contributed by atoms with Gasteiger partial charge < -0.3 is 4.74 Å². The maximum absolute atomic E-state index is 4.86. The summed E-state index contributed by atoms with van der Waals surface area (Å²) in [6.07, 6.45) is 0. The van der Waals surface area contributed by atoms with Crippen LogP contribution in [0.4, 0.5) is 0 Å².